The van der Waals surface area contributed by atoms with Crippen LogP contribution in [0.3, 0.4) is 0 Å². The van der Waals surface area contributed by atoms with Crippen LogP contribution in [0.4, 0.5) is 5.69 Å². The second kappa shape index (κ2) is 10.2. The van der Waals surface area contributed by atoms with Crippen LogP contribution >= 0.6 is 45.2 Å². The van der Waals surface area contributed by atoms with Gasteiger partial charge in [-0.3, -0.25) is 10.1 Å². The van der Waals surface area contributed by atoms with Crippen molar-refractivity contribution in [2.75, 3.05) is 6.61 Å². The largest absolute Gasteiger partial charge is 0.490 e. The summed E-state index contributed by atoms with van der Waals surface area (Å²) >= 11 is 4.46. The van der Waals surface area contributed by atoms with Crippen molar-refractivity contribution in [2.45, 2.75) is 20.5 Å². The molecule has 156 valence electrons. The van der Waals surface area contributed by atoms with Crippen LogP contribution in [0, 0.1) is 24.2 Å². The normalized spacial score (nSPS) is 11.1. The number of rotatable bonds is 8. The van der Waals surface area contributed by atoms with E-state index in [-0.39, 0.29) is 17.1 Å². The Labute approximate surface area is 200 Å². The third-order valence-corrected chi connectivity index (χ3v) is 5.62. The van der Waals surface area contributed by atoms with Crippen molar-refractivity contribution in [2.24, 2.45) is 0 Å². The average molecular weight is 632 g/mol. The zero-order valence-electron chi connectivity index (χ0n) is 16.2. The van der Waals surface area contributed by atoms with Gasteiger partial charge >= 0.3 is 5.69 Å². The van der Waals surface area contributed by atoms with Crippen LogP contribution in [0.2, 0.25) is 0 Å². The fourth-order valence-corrected chi connectivity index (χ4v) is 3.85. The van der Waals surface area contributed by atoms with Gasteiger partial charge in [-0.1, -0.05) is 23.4 Å². The van der Waals surface area contributed by atoms with Crippen LogP contribution in [0.5, 0.6) is 11.5 Å². The zero-order valence-corrected chi connectivity index (χ0v) is 20.5. The maximum atomic E-state index is 11.2. The molecule has 7 nitrogen and oxygen atoms in total. The van der Waals surface area contributed by atoms with E-state index >= 15 is 0 Å². The summed E-state index contributed by atoms with van der Waals surface area (Å²) in [5, 5.41) is 14.9. The smallest absolute Gasteiger partial charge is 0.338 e. The highest BCUT2D eigenvalue weighted by atomic mass is 127. The van der Waals surface area contributed by atoms with Crippen molar-refractivity contribution in [3.63, 3.8) is 0 Å². The summed E-state index contributed by atoms with van der Waals surface area (Å²) in [5.41, 5.74) is 1.96. The molecular weight excluding hydrogens is 614 g/mol. The predicted octanol–water partition coefficient (Wildman–Crippen LogP) is 6.25. The zero-order chi connectivity index (χ0) is 21.7. The summed E-state index contributed by atoms with van der Waals surface area (Å²) in [5.74, 6) is 1.37. The van der Waals surface area contributed by atoms with Crippen LogP contribution in [-0.4, -0.2) is 16.7 Å². The first-order valence-corrected chi connectivity index (χ1v) is 11.2. The molecule has 1 heterocycles. The molecule has 0 aliphatic carbocycles. The number of halogens is 2. The molecule has 0 aliphatic heterocycles. The topological polar surface area (TPSA) is 87.6 Å². The number of nitrogens with zero attached hydrogens (tertiary/aromatic N) is 2. The van der Waals surface area contributed by atoms with E-state index in [1.54, 1.807) is 6.08 Å². The molecule has 1 aromatic heterocycles. The SMILES string of the molecule is CCOc1cc(/C=C/c2onc(C)c2[N+](=O)[O-])cc(I)c1OCc1ccc(I)cc1. The molecule has 0 amide bonds. The molecule has 0 fully saturated rings. The number of ether oxygens (including phenoxy) is 2. The van der Waals surface area contributed by atoms with Crippen LogP contribution < -0.4 is 9.47 Å². The number of hydrogen-bond acceptors (Lipinski definition) is 6. The minimum atomic E-state index is -0.498. The Hall–Kier alpha value is -2.15. The molecule has 0 aliphatic rings. The third kappa shape index (κ3) is 5.50. The summed E-state index contributed by atoms with van der Waals surface area (Å²) in [6, 6.07) is 11.9. The molecule has 0 N–H and O–H groups in total. The lowest BCUT2D eigenvalue weighted by Gasteiger charge is -2.15. The first kappa shape index (κ1) is 22.5. The molecule has 0 saturated heterocycles. The summed E-state index contributed by atoms with van der Waals surface area (Å²) in [6.07, 6.45) is 3.26. The second-order valence-electron chi connectivity index (χ2n) is 6.25. The van der Waals surface area contributed by atoms with Gasteiger partial charge in [0.25, 0.3) is 0 Å². The standard InChI is InChI=1S/C21H18I2N2O5/c1-3-28-19-11-15(6-9-18-20(25(26)27)13(2)24-30-18)10-17(23)21(19)29-12-14-4-7-16(22)8-5-14/h4-11H,3,12H2,1-2H3/b9-6+. The van der Waals surface area contributed by atoms with E-state index in [9.17, 15) is 10.1 Å². The van der Waals surface area contributed by atoms with Gasteiger partial charge in [0.05, 0.1) is 15.1 Å². The lowest BCUT2D eigenvalue weighted by molar-refractivity contribution is -0.386. The van der Waals surface area contributed by atoms with Crippen LogP contribution in [0.1, 0.15) is 29.5 Å². The Morgan fingerprint density at radius 2 is 1.90 bits per heavy atom. The molecule has 0 unspecified atom stereocenters. The summed E-state index contributed by atoms with van der Waals surface area (Å²) < 4.78 is 18.9. The van der Waals surface area contributed by atoms with Gasteiger partial charge in [0, 0.05) is 3.57 Å². The van der Waals surface area contributed by atoms with E-state index in [4.69, 9.17) is 14.0 Å². The monoisotopic (exact) mass is 632 g/mol. The molecule has 0 saturated carbocycles. The number of benzene rings is 2. The summed E-state index contributed by atoms with van der Waals surface area (Å²) in [6.45, 7) is 4.34. The van der Waals surface area contributed by atoms with Crippen molar-refractivity contribution < 1.29 is 18.9 Å². The molecule has 3 aromatic rings. The number of nitro groups is 1. The maximum Gasteiger partial charge on any atom is 0.338 e. The summed E-state index contributed by atoms with van der Waals surface area (Å²) in [4.78, 5) is 10.7. The van der Waals surface area contributed by atoms with E-state index in [2.05, 4.69) is 50.3 Å². The van der Waals surface area contributed by atoms with Gasteiger partial charge in [0.15, 0.2) is 17.2 Å². The molecular formula is C21H18I2N2O5. The number of hydrogen-bond donors (Lipinski definition) is 0. The molecule has 0 bridgehead atoms. The van der Waals surface area contributed by atoms with Crippen molar-refractivity contribution in [1.29, 1.82) is 0 Å². The van der Waals surface area contributed by atoms with Crippen molar-refractivity contribution in [1.82, 2.24) is 5.16 Å². The van der Waals surface area contributed by atoms with Gasteiger partial charge in [0.1, 0.15) is 6.61 Å². The maximum absolute atomic E-state index is 11.2. The Bertz CT molecular complexity index is 1080. The predicted molar refractivity (Wildman–Crippen MR) is 131 cm³/mol. The molecule has 0 atom stereocenters. The Morgan fingerprint density at radius 3 is 2.57 bits per heavy atom. The highest BCUT2D eigenvalue weighted by Crippen LogP contribution is 2.36. The van der Waals surface area contributed by atoms with E-state index < -0.39 is 4.92 Å². The highest BCUT2D eigenvalue weighted by molar-refractivity contribution is 14.1. The lowest BCUT2D eigenvalue weighted by atomic mass is 10.1. The minimum Gasteiger partial charge on any atom is -0.490 e. The molecule has 2 aromatic carbocycles. The molecule has 3 rings (SSSR count). The van der Waals surface area contributed by atoms with Gasteiger partial charge in [-0.05, 0) is 100 Å². The van der Waals surface area contributed by atoms with Gasteiger partial charge in [-0.25, -0.2) is 0 Å². The van der Waals surface area contributed by atoms with Gasteiger partial charge in [-0.15, -0.1) is 0 Å². The fourth-order valence-electron chi connectivity index (χ4n) is 2.71. The van der Waals surface area contributed by atoms with Crippen LogP contribution in [-0.2, 0) is 6.61 Å². The average Bonchev–Trinajstić information content (AvgIpc) is 3.08. The van der Waals surface area contributed by atoms with E-state index in [1.165, 1.54) is 16.6 Å². The van der Waals surface area contributed by atoms with E-state index in [1.807, 2.05) is 43.3 Å². The summed E-state index contributed by atoms with van der Waals surface area (Å²) in [7, 11) is 0. The van der Waals surface area contributed by atoms with Gasteiger partial charge in [-0.2, -0.15) is 0 Å². The number of aryl methyl sites for hydroxylation is 1. The Kier molecular flexibility index (Phi) is 7.69. The quantitative estimate of drug-likeness (QED) is 0.166. The highest BCUT2D eigenvalue weighted by Gasteiger charge is 2.22. The fraction of sp³-hybridized carbons (Fsp3) is 0.190. The van der Waals surface area contributed by atoms with Crippen molar-refractivity contribution in [3.8, 4) is 11.5 Å². The van der Waals surface area contributed by atoms with E-state index in [0.717, 1.165) is 14.7 Å². The lowest BCUT2D eigenvalue weighted by Crippen LogP contribution is -2.02. The van der Waals surface area contributed by atoms with Gasteiger partial charge < -0.3 is 14.0 Å². The minimum absolute atomic E-state index is 0.101. The molecule has 9 heteroatoms. The van der Waals surface area contributed by atoms with E-state index in [0.29, 0.717) is 24.7 Å². The molecule has 30 heavy (non-hydrogen) atoms. The number of aromatic nitrogens is 1. The first-order valence-electron chi connectivity index (χ1n) is 9.01. The first-order chi connectivity index (χ1) is 14.4. The Balaban J connectivity index is 1.85. The molecule has 0 spiro atoms. The van der Waals surface area contributed by atoms with Crippen LogP contribution in [0.25, 0.3) is 12.2 Å². The Morgan fingerprint density at radius 1 is 1.17 bits per heavy atom. The van der Waals surface area contributed by atoms with Crippen LogP contribution in [0.15, 0.2) is 40.9 Å². The van der Waals surface area contributed by atoms with Gasteiger partial charge in [0.2, 0.25) is 5.76 Å². The molecule has 0 radical (unpaired) electrons. The second-order valence-corrected chi connectivity index (χ2v) is 8.66. The third-order valence-electron chi connectivity index (χ3n) is 4.09. The van der Waals surface area contributed by atoms with Crippen molar-refractivity contribution in [3.05, 3.63) is 76.2 Å². The van der Waals surface area contributed by atoms with Crippen molar-refractivity contribution >= 4 is 63.0 Å².